The number of thiophene rings is 1. The van der Waals surface area contributed by atoms with E-state index in [4.69, 9.17) is 16.3 Å². The highest BCUT2D eigenvalue weighted by atomic mass is 35.5. The molecule has 0 amide bonds. The lowest BCUT2D eigenvalue weighted by atomic mass is 10.2. The Bertz CT molecular complexity index is 264. The van der Waals surface area contributed by atoms with E-state index in [0.717, 1.165) is 23.9 Å². The molecule has 0 saturated heterocycles. The molecule has 1 aromatic heterocycles. The van der Waals surface area contributed by atoms with E-state index in [1.807, 2.05) is 6.07 Å². The van der Waals surface area contributed by atoms with E-state index in [0.29, 0.717) is 6.04 Å². The van der Waals surface area contributed by atoms with Crippen LogP contribution in [0.3, 0.4) is 0 Å². The Kier molecular flexibility index (Phi) is 5.48. The minimum absolute atomic E-state index is 0.431. The van der Waals surface area contributed by atoms with Gasteiger partial charge in [-0.1, -0.05) is 18.5 Å². The normalized spacial score (nSPS) is 13.1. The van der Waals surface area contributed by atoms with Crippen molar-refractivity contribution in [1.29, 1.82) is 0 Å². The van der Waals surface area contributed by atoms with E-state index in [1.54, 1.807) is 18.4 Å². The predicted molar refractivity (Wildman–Crippen MR) is 62.1 cm³/mol. The molecule has 80 valence electrons. The number of halogens is 1. The second-order valence-corrected chi connectivity index (χ2v) is 4.95. The van der Waals surface area contributed by atoms with Crippen molar-refractivity contribution >= 4 is 22.9 Å². The van der Waals surface area contributed by atoms with E-state index in [2.05, 4.69) is 18.3 Å². The van der Waals surface area contributed by atoms with Crippen LogP contribution in [0.1, 0.15) is 18.2 Å². The summed E-state index contributed by atoms with van der Waals surface area (Å²) < 4.78 is 5.95. The van der Waals surface area contributed by atoms with Crippen LogP contribution in [0.2, 0.25) is 4.34 Å². The van der Waals surface area contributed by atoms with E-state index < -0.39 is 0 Å². The minimum atomic E-state index is 0.431. The number of nitrogens with one attached hydrogen (secondary N) is 1. The van der Waals surface area contributed by atoms with Gasteiger partial charge in [-0.3, -0.25) is 0 Å². The molecule has 14 heavy (non-hydrogen) atoms. The summed E-state index contributed by atoms with van der Waals surface area (Å²) in [6.45, 7) is 3.78. The Labute approximate surface area is 94.2 Å². The number of hydrogen-bond acceptors (Lipinski definition) is 3. The van der Waals surface area contributed by atoms with E-state index >= 15 is 0 Å². The van der Waals surface area contributed by atoms with Crippen molar-refractivity contribution in [1.82, 2.24) is 5.32 Å². The van der Waals surface area contributed by atoms with Crippen molar-refractivity contribution in [2.75, 3.05) is 13.7 Å². The number of rotatable bonds is 6. The smallest absolute Gasteiger partial charge is 0.0931 e. The third-order valence-electron chi connectivity index (χ3n) is 2.05. The summed E-state index contributed by atoms with van der Waals surface area (Å²) in [4.78, 5) is 1.27. The Balaban J connectivity index is 2.31. The van der Waals surface area contributed by atoms with Gasteiger partial charge in [0, 0.05) is 24.6 Å². The van der Waals surface area contributed by atoms with E-state index in [1.165, 1.54) is 4.88 Å². The Hall–Kier alpha value is -0.0900. The van der Waals surface area contributed by atoms with Crippen molar-refractivity contribution in [2.45, 2.75) is 25.9 Å². The first-order valence-corrected chi connectivity index (χ1v) is 5.92. The first-order chi connectivity index (χ1) is 6.76. The molecule has 0 fully saturated rings. The van der Waals surface area contributed by atoms with Gasteiger partial charge in [-0.15, -0.1) is 11.3 Å². The fraction of sp³-hybridized carbons (Fsp3) is 0.600. The average Bonchev–Trinajstić information content (AvgIpc) is 2.59. The molecule has 0 aliphatic carbocycles. The first-order valence-electron chi connectivity index (χ1n) is 4.72. The zero-order valence-corrected chi connectivity index (χ0v) is 10.1. The topological polar surface area (TPSA) is 21.3 Å². The lowest BCUT2D eigenvalue weighted by molar-refractivity contribution is 0.164. The van der Waals surface area contributed by atoms with Gasteiger partial charge in [-0.05, 0) is 18.6 Å². The molecule has 4 heteroatoms. The molecule has 0 aliphatic rings. The monoisotopic (exact) mass is 233 g/mol. The van der Waals surface area contributed by atoms with Gasteiger partial charge < -0.3 is 10.1 Å². The van der Waals surface area contributed by atoms with Gasteiger partial charge in [-0.25, -0.2) is 0 Å². The van der Waals surface area contributed by atoms with Crippen molar-refractivity contribution in [3.63, 3.8) is 0 Å². The van der Waals surface area contributed by atoms with Crippen LogP contribution in [0.15, 0.2) is 12.1 Å². The molecule has 0 saturated carbocycles. The second kappa shape index (κ2) is 6.40. The summed E-state index contributed by atoms with van der Waals surface area (Å²) in [7, 11) is 1.73. The summed E-state index contributed by atoms with van der Waals surface area (Å²) in [5, 5.41) is 3.43. The molecular weight excluding hydrogens is 218 g/mol. The largest absolute Gasteiger partial charge is 0.383 e. The highest BCUT2D eigenvalue weighted by molar-refractivity contribution is 7.16. The second-order valence-electron chi connectivity index (χ2n) is 3.15. The van der Waals surface area contributed by atoms with Crippen LogP contribution in [-0.2, 0) is 11.3 Å². The number of hydrogen-bond donors (Lipinski definition) is 1. The first kappa shape index (κ1) is 12.0. The maximum atomic E-state index is 5.84. The van der Waals surface area contributed by atoms with Crippen LogP contribution in [0.4, 0.5) is 0 Å². The molecule has 1 rings (SSSR count). The van der Waals surface area contributed by atoms with E-state index in [-0.39, 0.29) is 0 Å². The minimum Gasteiger partial charge on any atom is -0.383 e. The van der Waals surface area contributed by atoms with Crippen molar-refractivity contribution in [3.8, 4) is 0 Å². The summed E-state index contributed by atoms with van der Waals surface area (Å²) in [6.07, 6.45) is 1.08. The fourth-order valence-corrected chi connectivity index (χ4v) is 2.25. The molecule has 2 nitrogen and oxygen atoms in total. The molecule has 0 bridgehead atoms. The maximum Gasteiger partial charge on any atom is 0.0931 e. The van der Waals surface area contributed by atoms with Gasteiger partial charge in [0.2, 0.25) is 0 Å². The molecule has 1 aromatic rings. The third kappa shape index (κ3) is 3.96. The summed E-state index contributed by atoms with van der Waals surface area (Å²) in [6, 6.07) is 4.42. The van der Waals surface area contributed by atoms with Crippen molar-refractivity contribution < 1.29 is 4.74 Å². The highest BCUT2D eigenvalue weighted by Gasteiger charge is 2.05. The fourth-order valence-electron chi connectivity index (χ4n) is 1.21. The Morgan fingerprint density at radius 2 is 2.36 bits per heavy atom. The summed E-state index contributed by atoms with van der Waals surface area (Å²) >= 11 is 7.46. The average molecular weight is 234 g/mol. The standard InChI is InChI=1S/C10H16ClNOS/c1-3-8(7-13-2)12-6-9-4-5-10(11)14-9/h4-5,8,12H,3,6-7H2,1-2H3. The van der Waals surface area contributed by atoms with Gasteiger partial charge in [-0.2, -0.15) is 0 Å². The zero-order chi connectivity index (χ0) is 10.4. The van der Waals surface area contributed by atoms with Gasteiger partial charge >= 0.3 is 0 Å². The van der Waals surface area contributed by atoms with Crippen LogP contribution < -0.4 is 5.32 Å². The predicted octanol–water partition coefficient (Wildman–Crippen LogP) is 2.92. The van der Waals surface area contributed by atoms with Gasteiger partial charge in [0.25, 0.3) is 0 Å². The number of ether oxygens (including phenoxy) is 1. The quantitative estimate of drug-likeness (QED) is 0.816. The van der Waals surface area contributed by atoms with Crippen LogP contribution in [0.25, 0.3) is 0 Å². The molecule has 0 radical (unpaired) electrons. The molecule has 1 heterocycles. The van der Waals surface area contributed by atoms with Crippen LogP contribution in [-0.4, -0.2) is 19.8 Å². The third-order valence-corrected chi connectivity index (χ3v) is 3.29. The molecule has 0 aromatic carbocycles. The van der Waals surface area contributed by atoms with Crippen molar-refractivity contribution in [3.05, 3.63) is 21.3 Å². The van der Waals surface area contributed by atoms with Gasteiger partial charge in [0.1, 0.15) is 0 Å². The molecule has 1 unspecified atom stereocenters. The molecule has 1 atom stereocenters. The van der Waals surface area contributed by atoms with Crippen LogP contribution in [0, 0.1) is 0 Å². The lowest BCUT2D eigenvalue weighted by Gasteiger charge is -2.14. The van der Waals surface area contributed by atoms with Gasteiger partial charge in [0.05, 0.1) is 10.9 Å². The lowest BCUT2D eigenvalue weighted by Crippen LogP contribution is -2.31. The summed E-state index contributed by atoms with van der Waals surface area (Å²) in [5.74, 6) is 0. The molecule has 1 N–H and O–H groups in total. The number of methoxy groups -OCH3 is 1. The Morgan fingerprint density at radius 3 is 2.86 bits per heavy atom. The zero-order valence-electron chi connectivity index (χ0n) is 8.55. The SMILES string of the molecule is CCC(COC)NCc1ccc(Cl)s1. The molecule has 0 spiro atoms. The summed E-state index contributed by atoms with van der Waals surface area (Å²) in [5.41, 5.74) is 0. The van der Waals surface area contributed by atoms with Crippen LogP contribution >= 0.6 is 22.9 Å². The van der Waals surface area contributed by atoms with E-state index in [9.17, 15) is 0 Å². The highest BCUT2D eigenvalue weighted by Crippen LogP contribution is 2.21. The molecule has 0 aliphatic heterocycles. The Morgan fingerprint density at radius 1 is 1.57 bits per heavy atom. The maximum absolute atomic E-state index is 5.84. The van der Waals surface area contributed by atoms with Crippen LogP contribution in [0.5, 0.6) is 0 Å². The van der Waals surface area contributed by atoms with Gasteiger partial charge in [0.15, 0.2) is 0 Å². The van der Waals surface area contributed by atoms with Crippen molar-refractivity contribution in [2.24, 2.45) is 0 Å². The molecular formula is C10H16ClNOS.